The van der Waals surface area contributed by atoms with E-state index in [0.717, 1.165) is 25.7 Å². The molecule has 1 aliphatic heterocycles. The Morgan fingerprint density at radius 2 is 2.09 bits per heavy atom. The van der Waals surface area contributed by atoms with Crippen molar-refractivity contribution in [2.24, 2.45) is 0 Å². The van der Waals surface area contributed by atoms with Crippen molar-refractivity contribution in [2.45, 2.75) is 57.8 Å². The van der Waals surface area contributed by atoms with Crippen LogP contribution in [0.1, 0.15) is 55.6 Å². The zero-order valence-electron chi connectivity index (χ0n) is 19.2. The Bertz CT molecular complexity index is 1220. The standard InChI is InChI=1S/C23H26N8O3/c1-16-20(3-4-21(27-16)30-12-9-25-28-30)33-15-17-14-26-31(19(17)13-24)18-5-10-29(11-6-18)22(32)34-23(2)7-8-23/h3-4,9,12,14,18H,5-8,10-11,15H2,1-2H3. The fourth-order valence-electron chi connectivity index (χ4n) is 4.05. The van der Waals surface area contributed by atoms with Crippen LogP contribution in [0, 0.1) is 18.3 Å². The van der Waals surface area contributed by atoms with E-state index in [9.17, 15) is 10.1 Å². The van der Waals surface area contributed by atoms with Gasteiger partial charge in [0.25, 0.3) is 0 Å². The van der Waals surface area contributed by atoms with Crippen LogP contribution in [0.4, 0.5) is 4.79 Å². The molecule has 0 atom stereocenters. The highest BCUT2D eigenvalue weighted by Crippen LogP contribution is 2.39. The Morgan fingerprint density at radius 1 is 1.29 bits per heavy atom. The third-order valence-electron chi connectivity index (χ3n) is 6.40. The molecule has 11 heteroatoms. The molecular weight excluding hydrogens is 436 g/mol. The second-order valence-corrected chi connectivity index (χ2v) is 9.00. The molecule has 3 aromatic heterocycles. The lowest BCUT2D eigenvalue weighted by Gasteiger charge is -2.32. The third-order valence-corrected chi connectivity index (χ3v) is 6.40. The molecule has 1 saturated carbocycles. The number of likely N-dealkylation sites (tertiary alicyclic amines) is 1. The summed E-state index contributed by atoms with van der Waals surface area (Å²) in [5.74, 6) is 1.27. The maximum atomic E-state index is 12.4. The van der Waals surface area contributed by atoms with Gasteiger partial charge in [-0.25, -0.2) is 14.5 Å². The second-order valence-electron chi connectivity index (χ2n) is 9.00. The molecule has 0 bridgehead atoms. The lowest BCUT2D eigenvalue weighted by atomic mass is 10.1. The lowest BCUT2D eigenvalue weighted by molar-refractivity contribution is 0.0489. The number of hydrogen-bond donors (Lipinski definition) is 0. The maximum Gasteiger partial charge on any atom is 0.410 e. The third kappa shape index (κ3) is 4.44. The van der Waals surface area contributed by atoms with Crippen molar-refractivity contribution >= 4 is 6.09 Å². The molecule has 1 saturated heterocycles. The first-order valence-electron chi connectivity index (χ1n) is 11.4. The van der Waals surface area contributed by atoms with E-state index in [1.165, 1.54) is 0 Å². The predicted molar refractivity (Wildman–Crippen MR) is 119 cm³/mol. The van der Waals surface area contributed by atoms with Crippen molar-refractivity contribution in [1.82, 2.24) is 34.7 Å². The number of carbonyl (C=O) groups is 1. The van der Waals surface area contributed by atoms with E-state index in [-0.39, 0.29) is 24.3 Å². The fraction of sp³-hybridized carbons (Fsp3) is 0.478. The van der Waals surface area contributed by atoms with Gasteiger partial charge in [0.1, 0.15) is 29.7 Å². The maximum absolute atomic E-state index is 12.4. The van der Waals surface area contributed by atoms with E-state index in [1.807, 2.05) is 19.9 Å². The number of aryl methyl sites for hydroxylation is 1. The van der Waals surface area contributed by atoms with Crippen LogP contribution in [-0.4, -0.2) is 59.4 Å². The molecule has 3 aromatic rings. The zero-order chi connectivity index (χ0) is 23.7. The fourth-order valence-corrected chi connectivity index (χ4v) is 4.05. The van der Waals surface area contributed by atoms with Gasteiger partial charge in [-0.2, -0.15) is 10.4 Å². The van der Waals surface area contributed by atoms with Gasteiger partial charge in [0, 0.05) is 18.7 Å². The van der Waals surface area contributed by atoms with Crippen LogP contribution < -0.4 is 4.74 Å². The quantitative estimate of drug-likeness (QED) is 0.548. The summed E-state index contributed by atoms with van der Waals surface area (Å²) < 4.78 is 14.9. The first-order chi connectivity index (χ1) is 16.5. The summed E-state index contributed by atoms with van der Waals surface area (Å²) in [6.45, 7) is 5.19. The van der Waals surface area contributed by atoms with Gasteiger partial charge in [-0.3, -0.25) is 4.68 Å². The monoisotopic (exact) mass is 462 g/mol. The van der Waals surface area contributed by atoms with Crippen molar-refractivity contribution in [3.8, 4) is 17.6 Å². The van der Waals surface area contributed by atoms with Crippen LogP contribution in [0.5, 0.6) is 5.75 Å². The summed E-state index contributed by atoms with van der Waals surface area (Å²) in [6.07, 6.45) is 8.04. The lowest BCUT2D eigenvalue weighted by Crippen LogP contribution is -2.41. The van der Waals surface area contributed by atoms with Gasteiger partial charge in [0.05, 0.1) is 30.3 Å². The van der Waals surface area contributed by atoms with E-state index in [4.69, 9.17) is 9.47 Å². The molecule has 2 aliphatic rings. The number of rotatable bonds is 6. The smallest absolute Gasteiger partial charge is 0.410 e. The average molecular weight is 463 g/mol. The Morgan fingerprint density at radius 3 is 2.74 bits per heavy atom. The van der Waals surface area contributed by atoms with E-state index in [0.29, 0.717) is 41.6 Å². The molecule has 0 aromatic carbocycles. The summed E-state index contributed by atoms with van der Waals surface area (Å²) in [4.78, 5) is 18.6. The summed E-state index contributed by atoms with van der Waals surface area (Å²) >= 11 is 0. The molecule has 0 radical (unpaired) electrons. The molecule has 4 heterocycles. The molecule has 0 unspecified atom stereocenters. The number of aromatic nitrogens is 6. The normalized spacial score (nSPS) is 17.3. The topological polar surface area (TPSA) is 124 Å². The van der Waals surface area contributed by atoms with Crippen molar-refractivity contribution in [1.29, 1.82) is 5.26 Å². The Hall–Kier alpha value is -3.94. The molecule has 5 rings (SSSR count). The van der Waals surface area contributed by atoms with Crippen molar-refractivity contribution < 1.29 is 14.3 Å². The molecule has 1 amide bonds. The van der Waals surface area contributed by atoms with Gasteiger partial charge in [-0.15, -0.1) is 5.10 Å². The summed E-state index contributed by atoms with van der Waals surface area (Å²) in [6, 6.07) is 5.95. The molecule has 0 spiro atoms. The van der Waals surface area contributed by atoms with Gasteiger partial charge in [0.2, 0.25) is 0 Å². The second kappa shape index (κ2) is 8.78. The number of nitrogens with zero attached hydrogens (tertiary/aromatic N) is 8. The molecule has 2 fully saturated rings. The van der Waals surface area contributed by atoms with Crippen LogP contribution in [0.15, 0.2) is 30.7 Å². The average Bonchev–Trinajstić information content (AvgIpc) is 3.22. The molecule has 34 heavy (non-hydrogen) atoms. The SMILES string of the molecule is Cc1nc(-n2ccnn2)ccc1OCc1cnn(C2CCN(C(=O)OC3(C)CC3)CC2)c1C#N. The number of pyridine rings is 1. The van der Waals surface area contributed by atoms with Gasteiger partial charge in [-0.1, -0.05) is 5.21 Å². The molecule has 11 nitrogen and oxygen atoms in total. The van der Waals surface area contributed by atoms with Crippen molar-refractivity contribution in [3.63, 3.8) is 0 Å². The largest absolute Gasteiger partial charge is 0.487 e. The molecule has 176 valence electrons. The predicted octanol–water partition coefficient (Wildman–Crippen LogP) is 2.94. The highest BCUT2D eigenvalue weighted by molar-refractivity contribution is 5.68. The first kappa shape index (κ1) is 21.9. The van der Waals surface area contributed by atoms with E-state index >= 15 is 0 Å². The minimum absolute atomic E-state index is 0.0503. The minimum atomic E-state index is -0.274. The molecule has 1 aliphatic carbocycles. The first-order valence-corrected chi connectivity index (χ1v) is 11.4. The number of hydrogen-bond acceptors (Lipinski definition) is 8. The van der Waals surface area contributed by atoms with Crippen molar-refractivity contribution in [3.05, 3.63) is 47.7 Å². The van der Waals surface area contributed by atoms with Crippen LogP contribution >= 0.6 is 0 Å². The Labute approximate surface area is 196 Å². The summed E-state index contributed by atoms with van der Waals surface area (Å²) in [5, 5.41) is 22.0. The highest BCUT2D eigenvalue weighted by Gasteiger charge is 2.43. The summed E-state index contributed by atoms with van der Waals surface area (Å²) in [5.41, 5.74) is 1.63. The van der Waals surface area contributed by atoms with Gasteiger partial charge in [-0.05, 0) is 51.7 Å². The molecule has 0 N–H and O–H groups in total. The van der Waals surface area contributed by atoms with Crippen LogP contribution in [-0.2, 0) is 11.3 Å². The van der Waals surface area contributed by atoms with E-state index < -0.39 is 0 Å². The number of carbonyl (C=O) groups excluding carboxylic acids is 1. The van der Waals surface area contributed by atoms with Crippen LogP contribution in [0.2, 0.25) is 0 Å². The van der Waals surface area contributed by atoms with Crippen molar-refractivity contribution in [2.75, 3.05) is 13.1 Å². The summed E-state index contributed by atoms with van der Waals surface area (Å²) in [7, 11) is 0. The van der Waals surface area contributed by atoms with E-state index in [1.54, 1.807) is 38.9 Å². The number of ether oxygens (including phenoxy) is 2. The Kier molecular flexibility index (Phi) is 5.65. The van der Waals surface area contributed by atoms with Gasteiger partial charge >= 0.3 is 6.09 Å². The van der Waals surface area contributed by atoms with Crippen LogP contribution in [0.25, 0.3) is 5.82 Å². The zero-order valence-corrected chi connectivity index (χ0v) is 19.2. The Balaban J connectivity index is 1.21. The number of nitriles is 1. The van der Waals surface area contributed by atoms with Crippen LogP contribution in [0.3, 0.4) is 0 Å². The number of amides is 1. The highest BCUT2D eigenvalue weighted by atomic mass is 16.6. The van der Waals surface area contributed by atoms with Gasteiger partial charge in [0.15, 0.2) is 5.82 Å². The molecular formula is C23H26N8O3. The van der Waals surface area contributed by atoms with E-state index in [2.05, 4.69) is 26.5 Å². The minimum Gasteiger partial charge on any atom is -0.487 e. The van der Waals surface area contributed by atoms with Gasteiger partial charge < -0.3 is 14.4 Å². The number of piperidine rings is 1.